The maximum atomic E-state index is 11.3. The van der Waals surface area contributed by atoms with Crippen molar-refractivity contribution in [3.05, 3.63) is 70.9 Å². The molecule has 2 aromatic carbocycles. The molecular weight excluding hydrogens is 432 g/mol. The lowest BCUT2D eigenvalue weighted by atomic mass is 10.2. The summed E-state index contributed by atoms with van der Waals surface area (Å²) in [7, 11) is -3.73. The lowest BCUT2D eigenvalue weighted by Crippen LogP contribution is -2.24. The predicted molar refractivity (Wildman–Crippen MR) is 119 cm³/mol. The van der Waals surface area contributed by atoms with Gasteiger partial charge in [0.1, 0.15) is 11.5 Å². The molecule has 0 unspecified atom stereocenters. The molecule has 0 amide bonds. The minimum Gasteiger partial charge on any atom is -0.455 e. The number of thiocarbonyl (C=S) groups is 1. The molecule has 0 radical (unpaired) electrons. The summed E-state index contributed by atoms with van der Waals surface area (Å²) in [6, 6.07) is 15.0. The highest BCUT2D eigenvalue weighted by molar-refractivity contribution is 7.89. The fourth-order valence-electron chi connectivity index (χ4n) is 2.43. The van der Waals surface area contributed by atoms with Gasteiger partial charge in [-0.2, -0.15) is 5.10 Å². The highest BCUT2D eigenvalue weighted by Gasteiger charge is 2.09. The van der Waals surface area contributed by atoms with E-state index in [9.17, 15) is 8.42 Å². The van der Waals surface area contributed by atoms with E-state index in [1.807, 2.05) is 19.1 Å². The number of rotatable bonds is 5. The zero-order chi connectivity index (χ0) is 21.0. The second-order valence-electron chi connectivity index (χ2n) is 6.01. The van der Waals surface area contributed by atoms with Crippen LogP contribution in [0.15, 0.2) is 69.0 Å². The number of furan rings is 1. The Morgan fingerprint density at radius 1 is 1.17 bits per heavy atom. The van der Waals surface area contributed by atoms with Crippen molar-refractivity contribution in [3.8, 4) is 11.3 Å². The van der Waals surface area contributed by atoms with E-state index < -0.39 is 10.0 Å². The zero-order valence-corrected chi connectivity index (χ0v) is 17.6. The van der Waals surface area contributed by atoms with Crippen LogP contribution in [0.25, 0.3) is 11.3 Å². The van der Waals surface area contributed by atoms with E-state index in [0.29, 0.717) is 27.2 Å². The Hall–Kier alpha value is -2.72. The van der Waals surface area contributed by atoms with Crippen LogP contribution in [0.1, 0.15) is 11.3 Å². The molecule has 7 nitrogen and oxygen atoms in total. The van der Waals surface area contributed by atoms with Gasteiger partial charge in [0.05, 0.1) is 11.1 Å². The summed E-state index contributed by atoms with van der Waals surface area (Å²) in [5, 5.41) is 13.1. The number of benzene rings is 2. The average molecular weight is 449 g/mol. The van der Waals surface area contributed by atoms with Crippen LogP contribution in [-0.2, 0) is 10.0 Å². The first-order valence-electron chi connectivity index (χ1n) is 8.32. The van der Waals surface area contributed by atoms with Crippen molar-refractivity contribution in [2.24, 2.45) is 10.2 Å². The van der Waals surface area contributed by atoms with Crippen molar-refractivity contribution in [1.82, 2.24) is 5.43 Å². The van der Waals surface area contributed by atoms with Crippen LogP contribution in [0.2, 0.25) is 5.02 Å². The Morgan fingerprint density at radius 2 is 1.90 bits per heavy atom. The molecule has 10 heteroatoms. The minimum absolute atomic E-state index is 0.0368. The van der Waals surface area contributed by atoms with Crippen LogP contribution in [0, 0.1) is 6.92 Å². The lowest BCUT2D eigenvalue weighted by Gasteiger charge is -2.10. The maximum absolute atomic E-state index is 11.3. The van der Waals surface area contributed by atoms with Gasteiger partial charge in [-0.05, 0) is 73.2 Å². The molecule has 29 heavy (non-hydrogen) atoms. The average Bonchev–Trinajstić information content (AvgIpc) is 3.14. The van der Waals surface area contributed by atoms with Crippen molar-refractivity contribution in [3.63, 3.8) is 0 Å². The van der Waals surface area contributed by atoms with Crippen molar-refractivity contribution >= 4 is 50.9 Å². The van der Waals surface area contributed by atoms with Gasteiger partial charge >= 0.3 is 0 Å². The first-order valence-corrected chi connectivity index (χ1v) is 10.7. The molecule has 0 saturated heterocycles. The summed E-state index contributed by atoms with van der Waals surface area (Å²) in [5.41, 5.74) is 5.08. The van der Waals surface area contributed by atoms with Gasteiger partial charge in [0.25, 0.3) is 0 Å². The Bertz CT molecular complexity index is 1170. The van der Waals surface area contributed by atoms with Crippen LogP contribution in [0.4, 0.5) is 5.69 Å². The van der Waals surface area contributed by atoms with E-state index in [2.05, 4.69) is 15.8 Å². The third-order valence-electron chi connectivity index (χ3n) is 3.97. The van der Waals surface area contributed by atoms with Gasteiger partial charge in [-0.1, -0.05) is 17.7 Å². The smallest absolute Gasteiger partial charge is 0.238 e. The maximum Gasteiger partial charge on any atom is 0.238 e. The standard InChI is InChI=1S/C19H17ClN4O3S2/c1-12-16(20)3-2-4-17(12)23-19(28)24-22-11-14-7-10-18(27-14)13-5-8-15(9-6-13)29(21,25)26/h2-11H,1H3,(H2,21,25,26)(H2,23,24,28)/b22-11+. The Kier molecular flexibility index (Phi) is 6.33. The van der Waals surface area contributed by atoms with Gasteiger partial charge in [0.15, 0.2) is 5.11 Å². The summed E-state index contributed by atoms with van der Waals surface area (Å²) >= 11 is 11.3. The van der Waals surface area contributed by atoms with Crippen molar-refractivity contribution in [2.75, 3.05) is 5.32 Å². The first kappa shape index (κ1) is 21.0. The number of nitrogens with one attached hydrogen (secondary N) is 2. The van der Waals surface area contributed by atoms with Gasteiger partial charge in [0.2, 0.25) is 10.0 Å². The van der Waals surface area contributed by atoms with Crippen molar-refractivity contribution in [2.45, 2.75) is 11.8 Å². The molecule has 0 bridgehead atoms. The second-order valence-corrected chi connectivity index (χ2v) is 8.38. The number of sulfonamides is 1. The zero-order valence-electron chi connectivity index (χ0n) is 15.2. The molecule has 0 aliphatic rings. The normalized spacial score (nSPS) is 11.6. The van der Waals surface area contributed by atoms with Gasteiger partial charge < -0.3 is 9.73 Å². The molecule has 0 spiro atoms. The van der Waals surface area contributed by atoms with Crippen molar-refractivity contribution < 1.29 is 12.8 Å². The fraction of sp³-hybridized carbons (Fsp3) is 0.0526. The summed E-state index contributed by atoms with van der Waals surface area (Å²) in [6.07, 6.45) is 1.47. The molecule has 0 aliphatic heterocycles. The van der Waals surface area contributed by atoms with Gasteiger partial charge in [-0.25, -0.2) is 13.6 Å². The molecule has 3 aromatic rings. The molecule has 4 N–H and O–H groups in total. The highest BCUT2D eigenvalue weighted by Crippen LogP contribution is 2.24. The van der Waals surface area contributed by atoms with Gasteiger partial charge in [-0.3, -0.25) is 5.43 Å². The van der Waals surface area contributed by atoms with Gasteiger partial charge in [-0.15, -0.1) is 0 Å². The largest absolute Gasteiger partial charge is 0.455 e. The number of nitrogens with zero attached hydrogens (tertiary/aromatic N) is 1. The van der Waals surface area contributed by atoms with Crippen LogP contribution in [0.5, 0.6) is 0 Å². The molecule has 150 valence electrons. The van der Waals surface area contributed by atoms with E-state index in [0.717, 1.165) is 11.3 Å². The molecule has 0 fully saturated rings. The predicted octanol–water partition coefficient (Wildman–Crippen LogP) is 3.88. The number of primary sulfonamides is 1. The summed E-state index contributed by atoms with van der Waals surface area (Å²) in [4.78, 5) is 0.0368. The molecule has 3 rings (SSSR count). The van der Waals surface area contributed by atoms with E-state index in [1.54, 1.807) is 30.3 Å². The molecule has 0 atom stereocenters. The number of hydrogen-bond acceptors (Lipinski definition) is 5. The monoisotopic (exact) mass is 448 g/mol. The Labute approximate surface area is 178 Å². The fourth-order valence-corrected chi connectivity index (χ4v) is 3.29. The molecule has 1 heterocycles. The molecular formula is C19H17ClN4O3S2. The van der Waals surface area contributed by atoms with Crippen LogP contribution >= 0.6 is 23.8 Å². The quantitative estimate of drug-likeness (QED) is 0.310. The summed E-state index contributed by atoms with van der Waals surface area (Å²) < 4.78 is 28.3. The summed E-state index contributed by atoms with van der Waals surface area (Å²) in [6.45, 7) is 1.89. The lowest BCUT2D eigenvalue weighted by molar-refractivity contribution is 0.574. The number of hydrogen-bond donors (Lipinski definition) is 3. The number of anilines is 1. The molecule has 0 aliphatic carbocycles. The Balaban J connectivity index is 1.62. The first-order chi connectivity index (χ1) is 13.7. The summed E-state index contributed by atoms with van der Waals surface area (Å²) in [5.74, 6) is 1.05. The number of hydrazone groups is 1. The van der Waals surface area contributed by atoms with E-state index in [1.165, 1.54) is 18.3 Å². The van der Waals surface area contributed by atoms with Gasteiger partial charge in [0, 0.05) is 16.3 Å². The third-order valence-corrected chi connectivity index (χ3v) is 5.50. The van der Waals surface area contributed by atoms with Crippen LogP contribution in [-0.4, -0.2) is 19.7 Å². The molecule has 1 aromatic heterocycles. The SMILES string of the molecule is Cc1c(Cl)cccc1NC(=S)N/N=C/c1ccc(-c2ccc(S(N)(=O)=O)cc2)o1. The number of halogens is 1. The van der Waals surface area contributed by atoms with Crippen LogP contribution in [0.3, 0.4) is 0 Å². The minimum atomic E-state index is -3.73. The number of nitrogens with two attached hydrogens (primary N) is 1. The molecule has 0 saturated carbocycles. The Morgan fingerprint density at radius 3 is 2.59 bits per heavy atom. The topological polar surface area (TPSA) is 110 Å². The second kappa shape index (κ2) is 8.75. The van der Waals surface area contributed by atoms with E-state index >= 15 is 0 Å². The van der Waals surface area contributed by atoms with Crippen LogP contribution < -0.4 is 15.9 Å². The van der Waals surface area contributed by atoms with Crippen molar-refractivity contribution in [1.29, 1.82) is 0 Å². The highest BCUT2D eigenvalue weighted by atomic mass is 35.5. The van der Waals surface area contributed by atoms with E-state index in [-0.39, 0.29) is 4.90 Å². The third kappa shape index (κ3) is 5.42. The van der Waals surface area contributed by atoms with E-state index in [4.69, 9.17) is 33.4 Å².